The van der Waals surface area contributed by atoms with Crippen LogP contribution < -0.4 is 5.32 Å². The molecule has 0 unspecified atom stereocenters. The van der Waals surface area contributed by atoms with Crippen LogP contribution in [0.5, 0.6) is 0 Å². The van der Waals surface area contributed by atoms with E-state index in [0.29, 0.717) is 23.2 Å². The molecule has 1 fully saturated rings. The minimum absolute atomic E-state index is 0.00515. The van der Waals surface area contributed by atoms with Crippen LogP contribution in [0.4, 0.5) is 5.82 Å². The van der Waals surface area contributed by atoms with Gasteiger partial charge in [-0.25, -0.2) is 9.48 Å². The maximum Gasteiger partial charge on any atom is 0.374 e. The standard InChI is InChI=1S/C23H23N3O5/c1-15(27)16-6-8-17(9-7-16)19-10-11-20(31-19)23(29)30-14-22(28)25-21-12-13-24-26(21)18-4-2-3-5-18/h6-13,18H,2-5,14H2,1H3,(H,25,28). The van der Waals surface area contributed by atoms with Gasteiger partial charge in [-0.05, 0) is 31.9 Å². The Hall–Kier alpha value is -3.68. The van der Waals surface area contributed by atoms with E-state index < -0.39 is 18.5 Å². The van der Waals surface area contributed by atoms with Crippen molar-refractivity contribution in [3.63, 3.8) is 0 Å². The van der Waals surface area contributed by atoms with Crippen molar-refractivity contribution in [1.82, 2.24) is 9.78 Å². The highest BCUT2D eigenvalue weighted by Gasteiger charge is 2.21. The topological polar surface area (TPSA) is 103 Å². The summed E-state index contributed by atoms with van der Waals surface area (Å²) in [7, 11) is 0. The number of carbonyl (C=O) groups excluding carboxylic acids is 3. The number of nitrogens with zero attached hydrogens (tertiary/aromatic N) is 2. The Kier molecular flexibility index (Phi) is 5.97. The monoisotopic (exact) mass is 421 g/mol. The number of furan rings is 1. The summed E-state index contributed by atoms with van der Waals surface area (Å²) in [6.45, 7) is 1.06. The van der Waals surface area contributed by atoms with Gasteiger partial charge in [0.1, 0.15) is 11.6 Å². The number of aromatic nitrogens is 2. The van der Waals surface area contributed by atoms with E-state index in [-0.39, 0.29) is 11.5 Å². The summed E-state index contributed by atoms with van der Waals surface area (Å²) in [6, 6.07) is 12.0. The molecule has 0 radical (unpaired) electrons. The number of rotatable bonds is 7. The molecule has 0 atom stereocenters. The molecule has 4 rings (SSSR count). The molecule has 1 N–H and O–H groups in total. The molecule has 2 aromatic heterocycles. The van der Waals surface area contributed by atoms with Gasteiger partial charge >= 0.3 is 5.97 Å². The second-order valence-electron chi connectivity index (χ2n) is 7.52. The second kappa shape index (κ2) is 8.99. The highest BCUT2D eigenvalue weighted by Crippen LogP contribution is 2.31. The smallest absolute Gasteiger partial charge is 0.374 e. The van der Waals surface area contributed by atoms with Crippen LogP contribution >= 0.6 is 0 Å². The Bertz CT molecular complexity index is 1090. The molecule has 8 heteroatoms. The van der Waals surface area contributed by atoms with Crippen molar-refractivity contribution in [3.8, 4) is 11.3 Å². The van der Waals surface area contributed by atoms with Crippen LogP contribution in [-0.2, 0) is 9.53 Å². The number of carbonyl (C=O) groups is 3. The van der Waals surface area contributed by atoms with E-state index >= 15 is 0 Å². The van der Waals surface area contributed by atoms with E-state index in [2.05, 4.69) is 10.4 Å². The van der Waals surface area contributed by atoms with Crippen LogP contribution in [0.2, 0.25) is 0 Å². The second-order valence-corrected chi connectivity index (χ2v) is 7.52. The lowest BCUT2D eigenvalue weighted by atomic mass is 10.1. The first-order chi connectivity index (χ1) is 15.0. The van der Waals surface area contributed by atoms with E-state index in [4.69, 9.17) is 9.15 Å². The quantitative estimate of drug-likeness (QED) is 0.452. The lowest BCUT2D eigenvalue weighted by molar-refractivity contribution is -0.119. The van der Waals surface area contributed by atoms with E-state index in [1.165, 1.54) is 13.0 Å². The number of ether oxygens (including phenoxy) is 1. The number of nitrogens with one attached hydrogen (secondary N) is 1. The SMILES string of the molecule is CC(=O)c1ccc(-c2ccc(C(=O)OCC(=O)Nc3ccnn3C3CCCC3)o2)cc1. The van der Waals surface area contributed by atoms with Crippen molar-refractivity contribution in [2.75, 3.05) is 11.9 Å². The zero-order chi connectivity index (χ0) is 21.8. The summed E-state index contributed by atoms with van der Waals surface area (Å²) in [5, 5.41) is 7.05. The van der Waals surface area contributed by atoms with Gasteiger partial charge in [-0.2, -0.15) is 5.10 Å². The van der Waals surface area contributed by atoms with Gasteiger partial charge in [0, 0.05) is 17.2 Å². The molecule has 1 amide bonds. The van der Waals surface area contributed by atoms with E-state index in [9.17, 15) is 14.4 Å². The number of anilines is 1. The first-order valence-electron chi connectivity index (χ1n) is 10.2. The Labute approximate surface area is 179 Å². The first-order valence-corrected chi connectivity index (χ1v) is 10.2. The third-order valence-electron chi connectivity index (χ3n) is 5.33. The van der Waals surface area contributed by atoms with Crippen molar-refractivity contribution in [3.05, 3.63) is 60.0 Å². The highest BCUT2D eigenvalue weighted by molar-refractivity contribution is 5.95. The molecular formula is C23H23N3O5. The van der Waals surface area contributed by atoms with Gasteiger partial charge in [0.15, 0.2) is 12.4 Å². The summed E-state index contributed by atoms with van der Waals surface area (Å²) >= 11 is 0. The average molecular weight is 421 g/mol. The third-order valence-corrected chi connectivity index (χ3v) is 5.33. The minimum Gasteiger partial charge on any atom is -0.450 e. The van der Waals surface area contributed by atoms with Crippen LogP contribution in [0.1, 0.15) is 59.6 Å². The van der Waals surface area contributed by atoms with Gasteiger partial charge < -0.3 is 14.5 Å². The third kappa shape index (κ3) is 4.74. The number of benzene rings is 1. The number of amides is 1. The van der Waals surface area contributed by atoms with Gasteiger partial charge in [0.05, 0.1) is 12.2 Å². The maximum atomic E-state index is 12.3. The summed E-state index contributed by atoms with van der Waals surface area (Å²) in [6.07, 6.45) is 6.03. The van der Waals surface area contributed by atoms with Crippen molar-refractivity contribution in [1.29, 1.82) is 0 Å². The van der Waals surface area contributed by atoms with Crippen LogP contribution in [-0.4, -0.2) is 34.0 Å². The molecule has 1 aliphatic carbocycles. The zero-order valence-electron chi connectivity index (χ0n) is 17.2. The Balaban J connectivity index is 1.32. The molecule has 160 valence electrons. The van der Waals surface area contributed by atoms with Crippen molar-refractivity contribution < 1.29 is 23.5 Å². The molecule has 3 aromatic rings. The molecule has 0 saturated heterocycles. The van der Waals surface area contributed by atoms with Crippen molar-refractivity contribution in [2.24, 2.45) is 0 Å². The summed E-state index contributed by atoms with van der Waals surface area (Å²) in [4.78, 5) is 35.9. The fraction of sp³-hybridized carbons (Fsp3) is 0.304. The lowest BCUT2D eigenvalue weighted by Gasteiger charge is -2.14. The molecule has 0 aliphatic heterocycles. The number of esters is 1. The summed E-state index contributed by atoms with van der Waals surface area (Å²) < 4.78 is 12.5. The van der Waals surface area contributed by atoms with Gasteiger partial charge in [0.2, 0.25) is 5.76 Å². The number of Topliss-reactive ketones (excluding diaryl/α,β-unsaturated/α-hetero) is 1. The predicted octanol–water partition coefficient (Wildman–Crippen LogP) is 4.26. The predicted molar refractivity (Wildman–Crippen MR) is 113 cm³/mol. The minimum atomic E-state index is -0.731. The normalized spacial score (nSPS) is 13.8. The molecule has 1 saturated carbocycles. The average Bonchev–Trinajstić information content (AvgIpc) is 3.53. The van der Waals surface area contributed by atoms with Gasteiger partial charge in [0.25, 0.3) is 5.91 Å². The molecule has 31 heavy (non-hydrogen) atoms. The number of hydrogen-bond donors (Lipinski definition) is 1. The molecule has 1 aromatic carbocycles. The maximum absolute atomic E-state index is 12.3. The molecule has 8 nitrogen and oxygen atoms in total. The molecule has 0 spiro atoms. The Morgan fingerprint density at radius 1 is 1.10 bits per heavy atom. The Morgan fingerprint density at radius 2 is 1.84 bits per heavy atom. The fourth-order valence-electron chi connectivity index (χ4n) is 3.71. The summed E-state index contributed by atoms with van der Waals surface area (Å²) in [5.41, 5.74) is 1.32. The molecule has 0 bridgehead atoms. The van der Waals surface area contributed by atoms with Gasteiger partial charge in [-0.3, -0.25) is 9.59 Å². The first kappa shape index (κ1) is 20.6. The molecule has 1 aliphatic rings. The number of hydrogen-bond acceptors (Lipinski definition) is 6. The van der Waals surface area contributed by atoms with Crippen LogP contribution in [0.25, 0.3) is 11.3 Å². The van der Waals surface area contributed by atoms with Gasteiger partial charge in [-0.1, -0.05) is 37.1 Å². The van der Waals surface area contributed by atoms with Crippen LogP contribution in [0.15, 0.2) is 53.1 Å². The van der Waals surface area contributed by atoms with Crippen LogP contribution in [0, 0.1) is 0 Å². The Morgan fingerprint density at radius 3 is 2.55 bits per heavy atom. The van der Waals surface area contributed by atoms with Crippen molar-refractivity contribution in [2.45, 2.75) is 38.6 Å². The van der Waals surface area contributed by atoms with Gasteiger partial charge in [-0.15, -0.1) is 0 Å². The van der Waals surface area contributed by atoms with Crippen molar-refractivity contribution >= 4 is 23.5 Å². The van der Waals surface area contributed by atoms with E-state index in [1.54, 1.807) is 42.6 Å². The van der Waals surface area contributed by atoms with E-state index in [0.717, 1.165) is 31.2 Å². The fourth-order valence-corrected chi connectivity index (χ4v) is 3.71. The largest absolute Gasteiger partial charge is 0.450 e. The molecule has 2 heterocycles. The van der Waals surface area contributed by atoms with Crippen LogP contribution in [0.3, 0.4) is 0 Å². The number of ketones is 1. The van der Waals surface area contributed by atoms with E-state index in [1.807, 2.05) is 4.68 Å². The highest BCUT2D eigenvalue weighted by atomic mass is 16.5. The lowest BCUT2D eigenvalue weighted by Crippen LogP contribution is -2.23. The zero-order valence-corrected chi connectivity index (χ0v) is 17.2. The summed E-state index contributed by atoms with van der Waals surface area (Å²) in [5.74, 6) is -0.144. The molecular weight excluding hydrogens is 398 g/mol.